The summed E-state index contributed by atoms with van der Waals surface area (Å²) in [6.45, 7) is 3.67. The van der Waals surface area contributed by atoms with Gasteiger partial charge in [0, 0.05) is 0 Å². The van der Waals surface area contributed by atoms with Crippen LogP contribution in [0.2, 0.25) is 0 Å². The minimum absolute atomic E-state index is 0.976. The van der Waals surface area contributed by atoms with E-state index in [1.807, 2.05) is 0 Å². The summed E-state index contributed by atoms with van der Waals surface area (Å²) in [4.78, 5) is 0. The van der Waals surface area contributed by atoms with Gasteiger partial charge in [-0.1, -0.05) is 6.92 Å². The molecule has 1 N–H and O–H groups in total. The Morgan fingerprint density at radius 2 is 1.91 bits per heavy atom. The van der Waals surface area contributed by atoms with Crippen molar-refractivity contribution in [1.82, 2.24) is 5.32 Å². The number of rotatable bonds is 2. The van der Waals surface area contributed by atoms with Crippen molar-refractivity contribution in [2.75, 3.05) is 13.6 Å². The molecule has 1 nitrogen and oxygen atoms in total. The molecule has 1 heteroatoms. The van der Waals surface area contributed by atoms with Crippen LogP contribution < -0.4 is 5.32 Å². The van der Waals surface area contributed by atoms with Gasteiger partial charge in [-0.05, 0) is 56.5 Å². The second-order valence-electron chi connectivity index (χ2n) is 4.52. The van der Waals surface area contributed by atoms with Crippen LogP contribution in [0.5, 0.6) is 0 Å². The molecule has 0 aromatic heterocycles. The van der Waals surface area contributed by atoms with Crippen molar-refractivity contribution in [1.29, 1.82) is 0 Å². The van der Waals surface area contributed by atoms with E-state index in [2.05, 4.69) is 19.3 Å². The molecule has 2 saturated carbocycles. The summed E-state index contributed by atoms with van der Waals surface area (Å²) in [5.41, 5.74) is 0. The third-order valence-electron chi connectivity index (χ3n) is 3.62. The van der Waals surface area contributed by atoms with Gasteiger partial charge in [-0.3, -0.25) is 0 Å². The molecule has 0 bridgehead atoms. The Balaban J connectivity index is 1.87. The summed E-state index contributed by atoms with van der Waals surface area (Å²) in [5.74, 6) is 4.22. The lowest BCUT2D eigenvalue weighted by Crippen LogP contribution is -2.28. The SMILES string of the molecule is CNCC1CC2CC2CC1C. The molecule has 0 heterocycles. The fraction of sp³-hybridized carbons (Fsp3) is 1.00. The lowest BCUT2D eigenvalue weighted by molar-refractivity contribution is 0.241. The molecule has 4 unspecified atom stereocenters. The molecule has 64 valence electrons. The van der Waals surface area contributed by atoms with Gasteiger partial charge >= 0.3 is 0 Å². The Bertz CT molecular complexity index is 144. The Hall–Kier alpha value is -0.0400. The van der Waals surface area contributed by atoms with Gasteiger partial charge in [-0.15, -0.1) is 0 Å². The maximum absolute atomic E-state index is 3.31. The molecule has 2 aliphatic rings. The summed E-state index contributed by atoms with van der Waals surface area (Å²) in [6, 6.07) is 0. The van der Waals surface area contributed by atoms with Crippen LogP contribution in [-0.2, 0) is 0 Å². The first-order valence-corrected chi connectivity index (χ1v) is 4.96. The van der Waals surface area contributed by atoms with E-state index in [0.29, 0.717) is 0 Å². The average molecular weight is 153 g/mol. The van der Waals surface area contributed by atoms with Crippen LogP contribution in [0.3, 0.4) is 0 Å². The van der Waals surface area contributed by atoms with Crippen molar-refractivity contribution in [3.8, 4) is 0 Å². The fourth-order valence-electron chi connectivity index (χ4n) is 2.73. The van der Waals surface area contributed by atoms with Crippen LogP contribution in [0.15, 0.2) is 0 Å². The van der Waals surface area contributed by atoms with Crippen LogP contribution >= 0.6 is 0 Å². The van der Waals surface area contributed by atoms with Crippen molar-refractivity contribution >= 4 is 0 Å². The molecule has 0 aromatic rings. The van der Waals surface area contributed by atoms with Crippen molar-refractivity contribution in [3.63, 3.8) is 0 Å². The molecule has 0 aromatic carbocycles. The highest BCUT2D eigenvalue weighted by atomic mass is 14.8. The first-order valence-electron chi connectivity index (χ1n) is 4.96. The van der Waals surface area contributed by atoms with Gasteiger partial charge < -0.3 is 5.32 Å². The standard InChI is InChI=1S/C10H19N/c1-7-3-8-4-9(8)5-10(7)6-11-2/h7-11H,3-6H2,1-2H3. The molecule has 4 atom stereocenters. The van der Waals surface area contributed by atoms with E-state index in [1.54, 1.807) is 6.42 Å². The van der Waals surface area contributed by atoms with Gasteiger partial charge in [0.25, 0.3) is 0 Å². The average Bonchev–Trinajstić information content (AvgIpc) is 2.67. The molecule has 11 heavy (non-hydrogen) atoms. The third-order valence-corrected chi connectivity index (χ3v) is 3.62. The molecular formula is C10H19N. The largest absolute Gasteiger partial charge is 0.319 e. The molecule has 2 fully saturated rings. The lowest BCUT2D eigenvalue weighted by Gasteiger charge is -2.27. The Kier molecular flexibility index (Phi) is 1.92. The summed E-state index contributed by atoms with van der Waals surface area (Å²) in [6.07, 6.45) is 4.56. The van der Waals surface area contributed by atoms with Gasteiger partial charge in [0.2, 0.25) is 0 Å². The lowest BCUT2D eigenvalue weighted by atomic mass is 9.80. The van der Waals surface area contributed by atoms with Crippen molar-refractivity contribution in [3.05, 3.63) is 0 Å². The van der Waals surface area contributed by atoms with Gasteiger partial charge in [-0.2, -0.15) is 0 Å². The quantitative estimate of drug-likeness (QED) is 0.639. The van der Waals surface area contributed by atoms with Crippen LogP contribution in [0.4, 0.5) is 0 Å². The second kappa shape index (κ2) is 2.78. The van der Waals surface area contributed by atoms with Crippen LogP contribution in [0.1, 0.15) is 26.2 Å². The Morgan fingerprint density at radius 3 is 2.64 bits per heavy atom. The van der Waals surface area contributed by atoms with Crippen molar-refractivity contribution in [2.45, 2.75) is 26.2 Å². The molecule has 2 aliphatic carbocycles. The second-order valence-corrected chi connectivity index (χ2v) is 4.52. The highest BCUT2D eigenvalue weighted by molar-refractivity contribution is 4.95. The van der Waals surface area contributed by atoms with E-state index in [1.165, 1.54) is 19.4 Å². The zero-order valence-corrected chi connectivity index (χ0v) is 7.64. The minimum Gasteiger partial charge on any atom is -0.319 e. The van der Waals surface area contributed by atoms with E-state index in [4.69, 9.17) is 0 Å². The number of nitrogens with one attached hydrogen (secondary N) is 1. The van der Waals surface area contributed by atoms with E-state index in [0.717, 1.165) is 23.7 Å². The molecule has 0 spiro atoms. The van der Waals surface area contributed by atoms with Gasteiger partial charge in [0.15, 0.2) is 0 Å². The number of hydrogen-bond donors (Lipinski definition) is 1. The van der Waals surface area contributed by atoms with Crippen molar-refractivity contribution < 1.29 is 0 Å². The normalized spacial score (nSPS) is 48.5. The number of fused-ring (bicyclic) bond motifs is 1. The maximum Gasteiger partial charge on any atom is -0.00209 e. The van der Waals surface area contributed by atoms with E-state index >= 15 is 0 Å². The smallest absolute Gasteiger partial charge is 0.00209 e. The van der Waals surface area contributed by atoms with Crippen molar-refractivity contribution in [2.24, 2.45) is 23.7 Å². The monoisotopic (exact) mass is 153 g/mol. The summed E-state index contributed by atoms with van der Waals surface area (Å²) < 4.78 is 0. The first-order chi connectivity index (χ1) is 5.31. The summed E-state index contributed by atoms with van der Waals surface area (Å²) >= 11 is 0. The molecular weight excluding hydrogens is 134 g/mol. The highest BCUT2D eigenvalue weighted by Crippen LogP contribution is 2.53. The van der Waals surface area contributed by atoms with Crippen LogP contribution in [0, 0.1) is 23.7 Å². The van der Waals surface area contributed by atoms with E-state index < -0.39 is 0 Å². The maximum atomic E-state index is 3.31. The molecule has 0 amide bonds. The predicted octanol–water partition coefficient (Wildman–Crippen LogP) is 1.89. The van der Waals surface area contributed by atoms with E-state index in [9.17, 15) is 0 Å². The third kappa shape index (κ3) is 1.44. The van der Waals surface area contributed by atoms with Gasteiger partial charge in [-0.25, -0.2) is 0 Å². The number of hydrogen-bond acceptors (Lipinski definition) is 1. The van der Waals surface area contributed by atoms with Gasteiger partial charge in [0.1, 0.15) is 0 Å². The fourth-order valence-corrected chi connectivity index (χ4v) is 2.73. The zero-order chi connectivity index (χ0) is 7.84. The summed E-state index contributed by atoms with van der Waals surface area (Å²) in [5, 5.41) is 3.31. The van der Waals surface area contributed by atoms with Crippen LogP contribution in [-0.4, -0.2) is 13.6 Å². The van der Waals surface area contributed by atoms with Crippen LogP contribution in [0.25, 0.3) is 0 Å². The predicted molar refractivity (Wildman–Crippen MR) is 47.4 cm³/mol. The molecule has 0 aliphatic heterocycles. The first kappa shape index (κ1) is 7.60. The Morgan fingerprint density at radius 1 is 1.18 bits per heavy atom. The highest BCUT2D eigenvalue weighted by Gasteiger charge is 2.44. The molecule has 0 radical (unpaired) electrons. The minimum atomic E-state index is 0.976. The topological polar surface area (TPSA) is 12.0 Å². The summed E-state index contributed by atoms with van der Waals surface area (Å²) in [7, 11) is 2.08. The Labute approximate surface area is 69.6 Å². The van der Waals surface area contributed by atoms with Gasteiger partial charge in [0.05, 0.1) is 0 Å². The van der Waals surface area contributed by atoms with E-state index in [-0.39, 0.29) is 0 Å². The molecule has 2 rings (SSSR count). The zero-order valence-electron chi connectivity index (χ0n) is 7.64. The molecule has 0 saturated heterocycles.